The van der Waals surface area contributed by atoms with E-state index in [2.05, 4.69) is 32.8 Å². The predicted molar refractivity (Wildman–Crippen MR) is 118 cm³/mol. The van der Waals surface area contributed by atoms with Gasteiger partial charge in [-0.3, -0.25) is 4.79 Å². The number of halogens is 1. The molecule has 0 atom stereocenters. The molecule has 0 saturated carbocycles. The fraction of sp³-hybridized carbons (Fsp3) is 0.227. The molecule has 1 aromatic heterocycles. The minimum atomic E-state index is -0.0407. The Morgan fingerprint density at radius 2 is 1.69 bits per heavy atom. The van der Waals surface area contributed by atoms with Crippen molar-refractivity contribution in [1.29, 1.82) is 0 Å². The maximum atomic E-state index is 12.0. The lowest BCUT2D eigenvalue weighted by Crippen LogP contribution is -2.30. The standard InChI is InChI=1S/C22H24ClN5O/c1-15-3-9-19(10-4-15)27-20-13-16(2)26-22(28-20)25-12-11-24-21(29)14-17-5-7-18(23)8-6-17/h3-10,13H,11-12,14H2,1-2H3,(H,24,29)(H2,25,26,27,28). The molecule has 0 aliphatic heterocycles. The van der Waals surface area contributed by atoms with Crippen LogP contribution in [-0.4, -0.2) is 29.0 Å². The lowest BCUT2D eigenvalue weighted by atomic mass is 10.1. The highest BCUT2D eigenvalue weighted by atomic mass is 35.5. The molecular formula is C22H24ClN5O. The number of carbonyl (C=O) groups excluding carboxylic acids is 1. The summed E-state index contributed by atoms with van der Waals surface area (Å²) in [5.41, 5.74) is 3.95. The molecule has 1 heterocycles. The minimum Gasteiger partial charge on any atom is -0.354 e. The van der Waals surface area contributed by atoms with Gasteiger partial charge in [-0.1, -0.05) is 41.4 Å². The molecule has 0 radical (unpaired) electrons. The molecule has 6 nitrogen and oxygen atoms in total. The highest BCUT2D eigenvalue weighted by Gasteiger charge is 2.05. The van der Waals surface area contributed by atoms with Gasteiger partial charge in [0.2, 0.25) is 11.9 Å². The average Bonchev–Trinajstić information content (AvgIpc) is 2.68. The van der Waals surface area contributed by atoms with Crippen molar-refractivity contribution in [3.05, 3.63) is 76.4 Å². The molecule has 150 valence electrons. The number of benzene rings is 2. The Bertz CT molecular complexity index is 958. The van der Waals surface area contributed by atoms with Gasteiger partial charge in [0, 0.05) is 35.6 Å². The number of amides is 1. The first-order valence-corrected chi connectivity index (χ1v) is 9.80. The maximum absolute atomic E-state index is 12.0. The van der Waals surface area contributed by atoms with Crippen LogP contribution in [0.15, 0.2) is 54.6 Å². The van der Waals surface area contributed by atoms with Gasteiger partial charge in [0.1, 0.15) is 5.82 Å². The van der Waals surface area contributed by atoms with Crippen LogP contribution in [0.1, 0.15) is 16.8 Å². The Kier molecular flexibility index (Phi) is 7.03. The van der Waals surface area contributed by atoms with Crippen molar-refractivity contribution in [2.45, 2.75) is 20.3 Å². The van der Waals surface area contributed by atoms with Gasteiger partial charge in [-0.2, -0.15) is 4.98 Å². The van der Waals surface area contributed by atoms with Gasteiger partial charge < -0.3 is 16.0 Å². The highest BCUT2D eigenvalue weighted by molar-refractivity contribution is 6.30. The number of aryl methyl sites for hydroxylation is 2. The summed E-state index contributed by atoms with van der Waals surface area (Å²) in [7, 11) is 0. The molecule has 7 heteroatoms. The van der Waals surface area contributed by atoms with Crippen molar-refractivity contribution < 1.29 is 4.79 Å². The number of carbonyl (C=O) groups is 1. The van der Waals surface area contributed by atoms with Crippen LogP contribution in [0, 0.1) is 13.8 Å². The Labute approximate surface area is 175 Å². The van der Waals surface area contributed by atoms with Gasteiger partial charge >= 0.3 is 0 Å². The molecule has 0 fully saturated rings. The molecule has 0 aliphatic rings. The molecule has 3 N–H and O–H groups in total. The summed E-state index contributed by atoms with van der Waals surface area (Å²) in [5.74, 6) is 1.20. The number of nitrogens with zero attached hydrogens (tertiary/aromatic N) is 2. The third kappa shape index (κ3) is 6.76. The molecule has 0 spiro atoms. The number of aromatic nitrogens is 2. The second-order valence-electron chi connectivity index (χ2n) is 6.79. The predicted octanol–water partition coefficient (Wildman–Crippen LogP) is 4.26. The second-order valence-corrected chi connectivity index (χ2v) is 7.23. The third-order valence-electron chi connectivity index (χ3n) is 4.19. The van der Waals surface area contributed by atoms with Crippen LogP contribution in [0.5, 0.6) is 0 Å². The van der Waals surface area contributed by atoms with Crippen LogP contribution in [0.4, 0.5) is 17.5 Å². The van der Waals surface area contributed by atoms with Crippen LogP contribution in [-0.2, 0) is 11.2 Å². The van der Waals surface area contributed by atoms with Gasteiger partial charge in [0.15, 0.2) is 0 Å². The monoisotopic (exact) mass is 409 g/mol. The van der Waals surface area contributed by atoms with Gasteiger partial charge in [-0.05, 0) is 43.7 Å². The third-order valence-corrected chi connectivity index (χ3v) is 4.44. The quantitative estimate of drug-likeness (QED) is 0.484. The van der Waals surface area contributed by atoms with Gasteiger partial charge in [-0.15, -0.1) is 0 Å². The summed E-state index contributed by atoms with van der Waals surface area (Å²) in [6, 6.07) is 17.3. The van der Waals surface area contributed by atoms with Crippen molar-refractivity contribution in [3.63, 3.8) is 0 Å². The van der Waals surface area contributed by atoms with E-state index in [1.807, 2.05) is 49.4 Å². The zero-order valence-electron chi connectivity index (χ0n) is 16.5. The molecule has 0 unspecified atom stereocenters. The van der Waals surface area contributed by atoms with E-state index in [1.165, 1.54) is 5.56 Å². The number of rotatable bonds is 8. The van der Waals surface area contributed by atoms with Crippen molar-refractivity contribution in [3.8, 4) is 0 Å². The molecule has 29 heavy (non-hydrogen) atoms. The molecular weight excluding hydrogens is 386 g/mol. The molecule has 0 saturated heterocycles. The first-order chi connectivity index (χ1) is 14.0. The molecule has 2 aromatic carbocycles. The molecule has 0 aliphatic carbocycles. The summed E-state index contributed by atoms with van der Waals surface area (Å²) in [6.07, 6.45) is 0.322. The first-order valence-electron chi connectivity index (χ1n) is 9.42. The van der Waals surface area contributed by atoms with Crippen molar-refractivity contribution in [2.75, 3.05) is 23.7 Å². The summed E-state index contributed by atoms with van der Waals surface area (Å²) in [5, 5.41) is 9.98. The van der Waals surface area contributed by atoms with Crippen molar-refractivity contribution >= 4 is 35.0 Å². The molecule has 3 rings (SSSR count). The fourth-order valence-corrected chi connectivity index (χ4v) is 2.85. The van der Waals surface area contributed by atoms with Crippen LogP contribution >= 0.6 is 11.6 Å². The van der Waals surface area contributed by atoms with Gasteiger partial charge in [0.05, 0.1) is 6.42 Å². The normalized spacial score (nSPS) is 10.4. The first kappa shape index (κ1) is 20.6. The Morgan fingerprint density at radius 1 is 0.966 bits per heavy atom. The minimum absolute atomic E-state index is 0.0407. The van der Waals surface area contributed by atoms with Gasteiger partial charge in [0.25, 0.3) is 0 Å². The van der Waals surface area contributed by atoms with Crippen LogP contribution in [0.25, 0.3) is 0 Å². The zero-order valence-corrected chi connectivity index (χ0v) is 17.3. The molecule has 0 bridgehead atoms. The maximum Gasteiger partial charge on any atom is 0.224 e. The molecule has 1 amide bonds. The Morgan fingerprint density at radius 3 is 2.41 bits per heavy atom. The van der Waals surface area contributed by atoms with Crippen LogP contribution in [0.2, 0.25) is 5.02 Å². The summed E-state index contributed by atoms with van der Waals surface area (Å²) in [4.78, 5) is 20.9. The van der Waals surface area contributed by atoms with E-state index in [0.29, 0.717) is 30.5 Å². The van der Waals surface area contributed by atoms with E-state index >= 15 is 0 Å². The topological polar surface area (TPSA) is 78.9 Å². The number of hydrogen-bond acceptors (Lipinski definition) is 5. The summed E-state index contributed by atoms with van der Waals surface area (Å²) >= 11 is 5.86. The zero-order chi connectivity index (χ0) is 20.6. The highest BCUT2D eigenvalue weighted by Crippen LogP contribution is 2.17. The van der Waals surface area contributed by atoms with E-state index in [-0.39, 0.29) is 5.91 Å². The number of hydrogen-bond donors (Lipinski definition) is 3. The smallest absolute Gasteiger partial charge is 0.224 e. The van der Waals surface area contributed by atoms with E-state index in [1.54, 1.807) is 12.1 Å². The Balaban J connectivity index is 1.47. The van der Waals surface area contributed by atoms with Crippen LogP contribution in [0.3, 0.4) is 0 Å². The average molecular weight is 410 g/mol. The van der Waals surface area contributed by atoms with E-state index < -0.39 is 0 Å². The lowest BCUT2D eigenvalue weighted by molar-refractivity contribution is -0.120. The summed E-state index contributed by atoms with van der Waals surface area (Å²) < 4.78 is 0. The van der Waals surface area contributed by atoms with Crippen LogP contribution < -0.4 is 16.0 Å². The van der Waals surface area contributed by atoms with Gasteiger partial charge in [-0.25, -0.2) is 4.98 Å². The van der Waals surface area contributed by atoms with E-state index in [9.17, 15) is 4.79 Å². The Hall–Kier alpha value is -3.12. The van der Waals surface area contributed by atoms with Crippen molar-refractivity contribution in [2.24, 2.45) is 0 Å². The lowest BCUT2D eigenvalue weighted by Gasteiger charge is -2.11. The summed E-state index contributed by atoms with van der Waals surface area (Å²) in [6.45, 7) is 4.97. The van der Waals surface area contributed by atoms with E-state index in [0.717, 1.165) is 22.8 Å². The van der Waals surface area contributed by atoms with Crippen molar-refractivity contribution in [1.82, 2.24) is 15.3 Å². The largest absolute Gasteiger partial charge is 0.354 e. The number of nitrogens with one attached hydrogen (secondary N) is 3. The number of anilines is 3. The SMILES string of the molecule is Cc1ccc(Nc2cc(C)nc(NCCNC(=O)Cc3ccc(Cl)cc3)n2)cc1. The molecule has 3 aromatic rings. The second kappa shape index (κ2) is 9.89. The fourth-order valence-electron chi connectivity index (χ4n) is 2.72. The van der Waals surface area contributed by atoms with E-state index in [4.69, 9.17) is 11.6 Å².